The van der Waals surface area contributed by atoms with Gasteiger partial charge in [0.05, 0.1) is 6.61 Å². The molecular formula is C14H19N3O2. The van der Waals surface area contributed by atoms with Gasteiger partial charge in [-0.1, -0.05) is 0 Å². The molecular weight excluding hydrogens is 242 g/mol. The number of ether oxygens (including phenoxy) is 1. The van der Waals surface area contributed by atoms with Gasteiger partial charge >= 0.3 is 0 Å². The lowest BCUT2D eigenvalue weighted by molar-refractivity contribution is 0.182. The van der Waals surface area contributed by atoms with Crippen molar-refractivity contribution in [2.75, 3.05) is 13.2 Å². The van der Waals surface area contributed by atoms with E-state index >= 15 is 0 Å². The summed E-state index contributed by atoms with van der Waals surface area (Å²) in [5, 5.41) is 5.31. The largest absolute Gasteiger partial charge is 0.381 e. The highest BCUT2D eigenvalue weighted by Crippen LogP contribution is 2.15. The average Bonchev–Trinajstić information content (AvgIpc) is 3.02. The fourth-order valence-corrected chi connectivity index (χ4v) is 2.48. The van der Waals surface area contributed by atoms with Crippen LogP contribution in [-0.2, 0) is 11.3 Å². The summed E-state index contributed by atoms with van der Waals surface area (Å²) in [6.45, 7) is 6.40. The van der Waals surface area contributed by atoms with Crippen molar-refractivity contribution in [1.29, 1.82) is 0 Å². The molecule has 0 saturated carbocycles. The number of rotatable bonds is 3. The molecule has 0 bridgehead atoms. The Kier molecular flexibility index (Phi) is 3.14. The van der Waals surface area contributed by atoms with Crippen LogP contribution < -0.4 is 5.56 Å². The normalized spacial score (nSPS) is 19.6. The van der Waals surface area contributed by atoms with Gasteiger partial charge in [0.25, 0.3) is 5.56 Å². The fourth-order valence-electron chi connectivity index (χ4n) is 2.48. The Bertz CT molecular complexity index is 636. The van der Waals surface area contributed by atoms with Crippen LogP contribution in [0.5, 0.6) is 0 Å². The molecule has 102 valence electrons. The van der Waals surface area contributed by atoms with E-state index in [1.807, 2.05) is 23.1 Å². The molecule has 0 unspecified atom stereocenters. The lowest BCUT2D eigenvalue weighted by Gasteiger charge is -2.09. The van der Waals surface area contributed by atoms with Crippen molar-refractivity contribution in [2.24, 2.45) is 5.92 Å². The molecule has 0 aromatic carbocycles. The van der Waals surface area contributed by atoms with Crippen LogP contribution in [0.1, 0.15) is 26.3 Å². The van der Waals surface area contributed by atoms with Gasteiger partial charge in [0.1, 0.15) is 0 Å². The molecule has 5 heteroatoms. The molecule has 3 heterocycles. The third-order valence-corrected chi connectivity index (χ3v) is 3.67. The summed E-state index contributed by atoms with van der Waals surface area (Å²) in [5.41, 5.74) is 0.568. The maximum Gasteiger partial charge on any atom is 0.278 e. The first-order valence-electron chi connectivity index (χ1n) is 6.81. The zero-order valence-corrected chi connectivity index (χ0v) is 11.4. The van der Waals surface area contributed by atoms with E-state index in [1.54, 1.807) is 4.57 Å². The van der Waals surface area contributed by atoms with Crippen LogP contribution in [0.25, 0.3) is 10.9 Å². The van der Waals surface area contributed by atoms with Crippen LogP contribution in [0.15, 0.2) is 23.3 Å². The molecule has 1 saturated heterocycles. The molecule has 1 fully saturated rings. The molecule has 19 heavy (non-hydrogen) atoms. The Labute approximate surface area is 111 Å². The summed E-state index contributed by atoms with van der Waals surface area (Å²) >= 11 is 0. The van der Waals surface area contributed by atoms with E-state index in [0.717, 1.165) is 31.6 Å². The molecule has 3 rings (SSSR count). The number of nitrogens with zero attached hydrogens (tertiary/aromatic N) is 3. The van der Waals surface area contributed by atoms with Gasteiger partial charge in [-0.25, -0.2) is 0 Å². The second-order valence-corrected chi connectivity index (χ2v) is 5.51. The molecule has 2 aromatic heterocycles. The van der Waals surface area contributed by atoms with Crippen molar-refractivity contribution in [3.63, 3.8) is 0 Å². The van der Waals surface area contributed by atoms with E-state index in [1.165, 1.54) is 0 Å². The minimum Gasteiger partial charge on any atom is -0.381 e. The van der Waals surface area contributed by atoms with E-state index in [-0.39, 0.29) is 11.6 Å². The van der Waals surface area contributed by atoms with Crippen molar-refractivity contribution in [1.82, 2.24) is 14.3 Å². The molecule has 2 aromatic rings. The first-order chi connectivity index (χ1) is 9.15. The van der Waals surface area contributed by atoms with Crippen LogP contribution in [0, 0.1) is 5.92 Å². The number of hydrogen-bond acceptors (Lipinski definition) is 3. The SMILES string of the molecule is CC(C)n1cc2ccn(C[C@H]3CCOC3)c(=O)c2n1. The van der Waals surface area contributed by atoms with Gasteiger partial charge in [-0.05, 0) is 26.3 Å². The van der Waals surface area contributed by atoms with Gasteiger partial charge in [-0.3, -0.25) is 9.48 Å². The van der Waals surface area contributed by atoms with Crippen molar-refractivity contribution >= 4 is 10.9 Å². The number of aromatic nitrogens is 3. The zero-order valence-electron chi connectivity index (χ0n) is 11.4. The molecule has 1 atom stereocenters. The summed E-state index contributed by atoms with van der Waals surface area (Å²) in [6, 6.07) is 2.24. The van der Waals surface area contributed by atoms with E-state index in [4.69, 9.17) is 4.74 Å². The quantitative estimate of drug-likeness (QED) is 0.846. The highest BCUT2D eigenvalue weighted by molar-refractivity contribution is 5.76. The predicted molar refractivity (Wildman–Crippen MR) is 73.3 cm³/mol. The molecule has 0 radical (unpaired) electrons. The second kappa shape index (κ2) is 4.81. The smallest absolute Gasteiger partial charge is 0.278 e. The van der Waals surface area contributed by atoms with Crippen LogP contribution in [0.4, 0.5) is 0 Å². The van der Waals surface area contributed by atoms with Gasteiger partial charge < -0.3 is 9.30 Å². The number of pyridine rings is 1. The minimum atomic E-state index is 0.00352. The topological polar surface area (TPSA) is 49.0 Å². The molecule has 0 N–H and O–H groups in total. The fraction of sp³-hybridized carbons (Fsp3) is 0.571. The molecule has 5 nitrogen and oxygen atoms in total. The summed E-state index contributed by atoms with van der Waals surface area (Å²) in [7, 11) is 0. The minimum absolute atomic E-state index is 0.00352. The third kappa shape index (κ3) is 2.30. The van der Waals surface area contributed by atoms with E-state index < -0.39 is 0 Å². The lowest BCUT2D eigenvalue weighted by atomic mass is 10.1. The van der Waals surface area contributed by atoms with Gasteiger partial charge in [0, 0.05) is 42.9 Å². The van der Waals surface area contributed by atoms with Gasteiger partial charge in [-0.2, -0.15) is 5.10 Å². The van der Waals surface area contributed by atoms with Gasteiger partial charge in [0.2, 0.25) is 0 Å². The molecule has 1 aliphatic heterocycles. The predicted octanol–water partition coefficient (Wildman–Crippen LogP) is 1.82. The zero-order chi connectivity index (χ0) is 13.4. The Morgan fingerprint density at radius 1 is 1.53 bits per heavy atom. The van der Waals surface area contributed by atoms with Crippen molar-refractivity contribution in [3.8, 4) is 0 Å². The van der Waals surface area contributed by atoms with Crippen molar-refractivity contribution in [3.05, 3.63) is 28.8 Å². The molecule has 0 spiro atoms. The van der Waals surface area contributed by atoms with E-state index in [0.29, 0.717) is 11.4 Å². The Balaban J connectivity index is 1.97. The molecule has 0 amide bonds. The average molecular weight is 261 g/mol. The van der Waals surface area contributed by atoms with Gasteiger partial charge in [-0.15, -0.1) is 0 Å². The first kappa shape index (κ1) is 12.4. The van der Waals surface area contributed by atoms with E-state index in [9.17, 15) is 4.79 Å². The molecule has 0 aliphatic carbocycles. The van der Waals surface area contributed by atoms with Crippen LogP contribution >= 0.6 is 0 Å². The lowest BCUT2D eigenvalue weighted by Crippen LogP contribution is -2.24. The maximum absolute atomic E-state index is 12.4. The van der Waals surface area contributed by atoms with Crippen molar-refractivity contribution in [2.45, 2.75) is 32.9 Å². The highest BCUT2D eigenvalue weighted by Gasteiger charge is 2.17. The Morgan fingerprint density at radius 3 is 3.05 bits per heavy atom. The van der Waals surface area contributed by atoms with Gasteiger partial charge in [0.15, 0.2) is 5.52 Å². The first-order valence-corrected chi connectivity index (χ1v) is 6.81. The molecule has 1 aliphatic rings. The number of fused-ring (bicyclic) bond motifs is 1. The maximum atomic E-state index is 12.4. The van der Waals surface area contributed by atoms with Crippen molar-refractivity contribution < 1.29 is 4.74 Å². The number of hydrogen-bond donors (Lipinski definition) is 0. The summed E-state index contributed by atoms with van der Waals surface area (Å²) < 4.78 is 8.96. The third-order valence-electron chi connectivity index (χ3n) is 3.67. The van der Waals surface area contributed by atoms with Crippen LogP contribution in [0.2, 0.25) is 0 Å². The monoisotopic (exact) mass is 261 g/mol. The summed E-state index contributed by atoms with van der Waals surface area (Å²) in [5.74, 6) is 0.447. The second-order valence-electron chi connectivity index (χ2n) is 5.51. The Hall–Kier alpha value is -1.62. The standard InChI is InChI=1S/C14H19N3O2/c1-10(2)17-8-12-3-5-16(14(18)13(12)15-17)7-11-4-6-19-9-11/h3,5,8,10-11H,4,6-7,9H2,1-2H3/t11-/m1/s1. The Morgan fingerprint density at radius 2 is 2.37 bits per heavy atom. The van der Waals surface area contributed by atoms with Crippen LogP contribution in [-0.4, -0.2) is 27.6 Å². The summed E-state index contributed by atoms with van der Waals surface area (Å²) in [4.78, 5) is 12.4. The van der Waals surface area contributed by atoms with E-state index in [2.05, 4.69) is 18.9 Å². The summed E-state index contributed by atoms with van der Waals surface area (Å²) in [6.07, 6.45) is 4.84. The van der Waals surface area contributed by atoms with Crippen LogP contribution in [0.3, 0.4) is 0 Å². The highest BCUT2D eigenvalue weighted by atomic mass is 16.5.